The van der Waals surface area contributed by atoms with E-state index in [-0.39, 0.29) is 11.8 Å². The Hall–Kier alpha value is -0.870. The minimum atomic E-state index is 0.193. The summed E-state index contributed by atoms with van der Waals surface area (Å²) in [4.78, 5) is 17.5. The second kappa shape index (κ2) is 5.65. The summed E-state index contributed by atoms with van der Waals surface area (Å²) < 4.78 is 0. The monoisotopic (exact) mass is 252 g/mol. The minimum Gasteiger partial charge on any atom is -0.349 e. The Balaban J connectivity index is 1.91. The van der Waals surface area contributed by atoms with Gasteiger partial charge >= 0.3 is 0 Å². The van der Waals surface area contributed by atoms with E-state index in [1.165, 1.54) is 4.88 Å². The van der Waals surface area contributed by atoms with E-state index < -0.39 is 0 Å². The van der Waals surface area contributed by atoms with Crippen LogP contribution in [0.4, 0.5) is 0 Å². The van der Waals surface area contributed by atoms with Crippen molar-refractivity contribution in [3.05, 3.63) is 22.4 Å². The van der Waals surface area contributed by atoms with E-state index >= 15 is 0 Å². The molecule has 1 aromatic heterocycles. The van der Waals surface area contributed by atoms with Crippen molar-refractivity contribution in [2.75, 3.05) is 27.2 Å². The van der Waals surface area contributed by atoms with Crippen LogP contribution in [0.15, 0.2) is 17.5 Å². The van der Waals surface area contributed by atoms with Crippen LogP contribution in [-0.4, -0.2) is 42.9 Å². The topological polar surface area (TPSA) is 23.6 Å². The van der Waals surface area contributed by atoms with E-state index in [1.54, 1.807) is 16.2 Å². The molecular weight excluding hydrogens is 232 g/mol. The molecular formula is C13H20N2OS. The summed E-state index contributed by atoms with van der Waals surface area (Å²) in [5.74, 6) is 0.472. The first-order valence-electron chi connectivity index (χ1n) is 6.12. The number of rotatable bonds is 3. The molecule has 1 unspecified atom stereocenters. The van der Waals surface area contributed by atoms with Gasteiger partial charge in [0, 0.05) is 32.1 Å². The van der Waals surface area contributed by atoms with Crippen LogP contribution >= 0.6 is 11.3 Å². The molecule has 0 N–H and O–H groups in total. The Morgan fingerprint density at radius 3 is 3.06 bits per heavy atom. The lowest BCUT2D eigenvalue weighted by Gasteiger charge is -2.32. The number of carbonyl (C=O) groups is 1. The Morgan fingerprint density at radius 1 is 1.59 bits per heavy atom. The maximum atomic E-state index is 11.9. The lowest BCUT2D eigenvalue weighted by molar-refractivity contribution is -0.134. The SMILES string of the molecule is CN(C)C(=O)C1CCCN(Cc2cccs2)C1. The maximum Gasteiger partial charge on any atom is 0.226 e. The van der Waals surface area contributed by atoms with Crippen LogP contribution in [0.5, 0.6) is 0 Å². The fourth-order valence-corrected chi connectivity index (χ4v) is 3.13. The van der Waals surface area contributed by atoms with Crippen LogP contribution in [0.1, 0.15) is 17.7 Å². The fourth-order valence-electron chi connectivity index (χ4n) is 2.39. The van der Waals surface area contributed by atoms with Gasteiger partial charge < -0.3 is 4.90 Å². The lowest BCUT2D eigenvalue weighted by Crippen LogP contribution is -2.42. The van der Waals surface area contributed by atoms with Crippen molar-refractivity contribution in [3.63, 3.8) is 0 Å². The Kier molecular flexibility index (Phi) is 4.18. The third kappa shape index (κ3) is 3.30. The highest BCUT2D eigenvalue weighted by molar-refractivity contribution is 7.09. The molecule has 94 valence electrons. The van der Waals surface area contributed by atoms with Gasteiger partial charge in [-0.25, -0.2) is 0 Å². The zero-order chi connectivity index (χ0) is 12.3. The molecule has 3 nitrogen and oxygen atoms in total. The number of thiophene rings is 1. The lowest BCUT2D eigenvalue weighted by atomic mass is 9.97. The number of piperidine rings is 1. The van der Waals surface area contributed by atoms with Crippen molar-refractivity contribution in [1.82, 2.24) is 9.80 Å². The quantitative estimate of drug-likeness (QED) is 0.822. The normalized spacial score (nSPS) is 21.4. The molecule has 2 rings (SSSR count). The molecule has 0 aromatic carbocycles. The van der Waals surface area contributed by atoms with Crippen molar-refractivity contribution in [1.29, 1.82) is 0 Å². The van der Waals surface area contributed by atoms with Gasteiger partial charge in [-0.05, 0) is 30.8 Å². The van der Waals surface area contributed by atoms with Gasteiger partial charge in [0.2, 0.25) is 5.91 Å². The number of amides is 1. The predicted octanol–water partition coefficient (Wildman–Crippen LogP) is 2.05. The van der Waals surface area contributed by atoms with E-state index in [0.717, 1.165) is 32.5 Å². The molecule has 1 fully saturated rings. The summed E-state index contributed by atoms with van der Waals surface area (Å²) in [5.41, 5.74) is 0. The van der Waals surface area contributed by atoms with Crippen LogP contribution in [-0.2, 0) is 11.3 Å². The summed E-state index contributed by atoms with van der Waals surface area (Å²) >= 11 is 1.80. The summed E-state index contributed by atoms with van der Waals surface area (Å²) in [6.45, 7) is 3.03. The van der Waals surface area contributed by atoms with Gasteiger partial charge in [0.05, 0.1) is 5.92 Å². The first-order valence-corrected chi connectivity index (χ1v) is 7.00. The molecule has 0 bridgehead atoms. The van der Waals surface area contributed by atoms with Gasteiger partial charge in [-0.3, -0.25) is 9.69 Å². The number of hydrogen-bond donors (Lipinski definition) is 0. The van der Waals surface area contributed by atoms with Gasteiger partial charge in [-0.15, -0.1) is 11.3 Å². The summed E-state index contributed by atoms with van der Waals surface area (Å²) in [5, 5.41) is 2.11. The van der Waals surface area contributed by atoms with Crippen LogP contribution in [0.3, 0.4) is 0 Å². The van der Waals surface area contributed by atoms with Crippen molar-refractivity contribution in [3.8, 4) is 0 Å². The molecule has 0 saturated carbocycles. The van der Waals surface area contributed by atoms with Crippen molar-refractivity contribution < 1.29 is 4.79 Å². The van der Waals surface area contributed by atoms with E-state index in [9.17, 15) is 4.79 Å². The molecule has 0 spiro atoms. The van der Waals surface area contributed by atoms with Crippen molar-refractivity contribution >= 4 is 17.2 Å². The molecule has 2 heterocycles. The Morgan fingerprint density at radius 2 is 2.41 bits per heavy atom. The zero-order valence-corrected chi connectivity index (χ0v) is 11.4. The summed E-state index contributed by atoms with van der Waals surface area (Å²) in [7, 11) is 3.70. The molecule has 17 heavy (non-hydrogen) atoms. The van der Waals surface area contributed by atoms with Crippen LogP contribution in [0.2, 0.25) is 0 Å². The van der Waals surface area contributed by atoms with Crippen molar-refractivity contribution in [2.45, 2.75) is 19.4 Å². The van der Waals surface area contributed by atoms with E-state index in [0.29, 0.717) is 0 Å². The smallest absolute Gasteiger partial charge is 0.226 e. The van der Waals surface area contributed by atoms with E-state index in [2.05, 4.69) is 22.4 Å². The fraction of sp³-hybridized carbons (Fsp3) is 0.615. The second-order valence-corrected chi connectivity index (χ2v) is 5.92. The molecule has 1 saturated heterocycles. The first kappa shape index (κ1) is 12.6. The largest absolute Gasteiger partial charge is 0.349 e. The predicted molar refractivity (Wildman–Crippen MR) is 71.0 cm³/mol. The van der Waals surface area contributed by atoms with Crippen LogP contribution < -0.4 is 0 Å². The van der Waals surface area contributed by atoms with Gasteiger partial charge in [0.15, 0.2) is 0 Å². The van der Waals surface area contributed by atoms with Gasteiger partial charge in [0.1, 0.15) is 0 Å². The average molecular weight is 252 g/mol. The maximum absolute atomic E-state index is 11.9. The summed E-state index contributed by atoms with van der Waals surface area (Å²) in [6, 6.07) is 4.26. The molecule has 1 atom stereocenters. The van der Waals surface area contributed by atoms with E-state index in [1.807, 2.05) is 14.1 Å². The molecule has 1 aliphatic heterocycles. The molecule has 1 aromatic rings. The molecule has 4 heteroatoms. The molecule has 1 aliphatic rings. The molecule has 1 amide bonds. The number of carbonyl (C=O) groups excluding carboxylic acids is 1. The Labute approximate surface area is 107 Å². The van der Waals surface area contributed by atoms with E-state index in [4.69, 9.17) is 0 Å². The Bertz CT molecular complexity index is 362. The van der Waals surface area contributed by atoms with Crippen molar-refractivity contribution in [2.24, 2.45) is 5.92 Å². The molecule has 0 aliphatic carbocycles. The standard InChI is InChI=1S/C13H20N2OS/c1-14(2)13(16)11-5-3-7-15(9-11)10-12-6-4-8-17-12/h4,6,8,11H,3,5,7,9-10H2,1-2H3. The van der Waals surface area contributed by atoms with Gasteiger partial charge in [-0.2, -0.15) is 0 Å². The van der Waals surface area contributed by atoms with Crippen LogP contribution in [0.25, 0.3) is 0 Å². The zero-order valence-electron chi connectivity index (χ0n) is 10.6. The first-order chi connectivity index (χ1) is 8.16. The highest BCUT2D eigenvalue weighted by atomic mass is 32.1. The molecule has 0 radical (unpaired) electrons. The number of hydrogen-bond acceptors (Lipinski definition) is 3. The highest BCUT2D eigenvalue weighted by Crippen LogP contribution is 2.21. The second-order valence-electron chi connectivity index (χ2n) is 4.89. The average Bonchev–Trinajstić information content (AvgIpc) is 2.81. The van der Waals surface area contributed by atoms with Gasteiger partial charge in [0.25, 0.3) is 0 Å². The highest BCUT2D eigenvalue weighted by Gasteiger charge is 2.26. The third-order valence-corrected chi connectivity index (χ3v) is 4.12. The number of nitrogens with zero attached hydrogens (tertiary/aromatic N) is 2. The van der Waals surface area contributed by atoms with Crippen LogP contribution in [0, 0.1) is 5.92 Å². The summed E-state index contributed by atoms with van der Waals surface area (Å²) in [6.07, 6.45) is 2.17. The minimum absolute atomic E-state index is 0.193. The number of likely N-dealkylation sites (tertiary alicyclic amines) is 1. The third-order valence-electron chi connectivity index (χ3n) is 3.26. The van der Waals surface area contributed by atoms with Gasteiger partial charge in [-0.1, -0.05) is 6.07 Å².